The Kier molecular flexibility index (Phi) is 3.09. The Balaban J connectivity index is 2.04. The summed E-state index contributed by atoms with van der Waals surface area (Å²) in [4.78, 5) is 15.1. The van der Waals surface area contributed by atoms with E-state index in [2.05, 4.69) is 23.1 Å². The van der Waals surface area contributed by atoms with E-state index in [1.165, 1.54) is 12.8 Å². The molecule has 2 aliphatic rings. The van der Waals surface area contributed by atoms with Gasteiger partial charge < -0.3 is 0 Å². The summed E-state index contributed by atoms with van der Waals surface area (Å²) in [6, 6.07) is 11.9. The summed E-state index contributed by atoms with van der Waals surface area (Å²) in [5.74, 6) is 0.412. The molecule has 2 nitrogen and oxygen atoms in total. The summed E-state index contributed by atoms with van der Waals surface area (Å²) in [6.45, 7) is 2.12. The number of carbonyl (C=O) groups is 1. The van der Waals surface area contributed by atoms with Gasteiger partial charge in [0.1, 0.15) is 5.54 Å². The summed E-state index contributed by atoms with van der Waals surface area (Å²) in [5, 5.41) is 0. The summed E-state index contributed by atoms with van der Waals surface area (Å²) < 4.78 is 0. The molecule has 1 saturated heterocycles. The van der Waals surface area contributed by atoms with Gasteiger partial charge in [0, 0.05) is 6.42 Å². The SMILES string of the molecule is O=C1CCCCC1(c1cc#ccc1)N1CCCC1. The van der Waals surface area contributed by atoms with Crippen molar-refractivity contribution in [2.45, 2.75) is 44.1 Å². The van der Waals surface area contributed by atoms with Crippen LogP contribution in [0.4, 0.5) is 0 Å². The first-order valence-corrected chi connectivity index (χ1v) is 7.01. The third kappa shape index (κ3) is 1.74. The van der Waals surface area contributed by atoms with Crippen LogP contribution in [-0.4, -0.2) is 23.8 Å². The van der Waals surface area contributed by atoms with Crippen LogP contribution in [0.2, 0.25) is 0 Å². The molecule has 1 unspecified atom stereocenters. The predicted molar refractivity (Wildman–Crippen MR) is 70.1 cm³/mol. The van der Waals surface area contributed by atoms with Gasteiger partial charge in [0.25, 0.3) is 0 Å². The van der Waals surface area contributed by atoms with Gasteiger partial charge in [-0.05, 0) is 62.5 Å². The van der Waals surface area contributed by atoms with E-state index >= 15 is 0 Å². The van der Waals surface area contributed by atoms with Crippen molar-refractivity contribution in [1.82, 2.24) is 4.90 Å². The second-order valence-electron chi connectivity index (χ2n) is 5.41. The zero-order chi connectivity index (χ0) is 12.4. The molecule has 0 aromatic heterocycles. The van der Waals surface area contributed by atoms with Crippen LogP contribution in [0.15, 0.2) is 18.2 Å². The Morgan fingerprint density at radius 2 is 1.94 bits per heavy atom. The van der Waals surface area contributed by atoms with Crippen LogP contribution in [-0.2, 0) is 10.3 Å². The number of ketones is 1. The first-order valence-electron chi connectivity index (χ1n) is 7.01. The third-order valence-corrected chi connectivity index (χ3v) is 4.43. The lowest BCUT2D eigenvalue weighted by atomic mass is 9.74. The Labute approximate surface area is 109 Å². The highest BCUT2D eigenvalue weighted by Gasteiger charge is 2.46. The molecule has 2 fully saturated rings. The lowest BCUT2D eigenvalue weighted by Gasteiger charge is -2.43. The lowest BCUT2D eigenvalue weighted by Crippen LogP contribution is -2.52. The zero-order valence-electron chi connectivity index (χ0n) is 10.7. The number of nitrogens with zero attached hydrogens (tertiary/aromatic N) is 1. The van der Waals surface area contributed by atoms with Crippen molar-refractivity contribution < 1.29 is 4.79 Å². The lowest BCUT2D eigenvalue weighted by molar-refractivity contribution is -0.134. The van der Waals surface area contributed by atoms with Crippen LogP contribution < -0.4 is 0 Å². The summed E-state index contributed by atoms with van der Waals surface area (Å²) >= 11 is 0. The molecule has 0 bridgehead atoms. The maximum atomic E-state index is 12.6. The maximum absolute atomic E-state index is 12.6. The second kappa shape index (κ2) is 4.74. The van der Waals surface area contributed by atoms with E-state index in [1.807, 2.05) is 12.1 Å². The second-order valence-corrected chi connectivity index (χ2v) is 5.41. The summed E-state index contributed by atoms with van der Waals surface area (Å²) in [7, 11) is 0. The molecule has 1 heterocycles. The minimum Gasteiger partial charge on any atom is -0.297 e. The average Bonchev–Trinajstić information content (AvgIpc) is 2.95. The topological polar surface area (TPSA) is 20.3 Å². The van der Waals surface area contributed by atoms with Gasteiger partial charge in [0.15, 0.2) is 5.78 Å². The van der Waals surface area contributed by atoms with Gasteiger partial charge in [-0.15, -0.1) is 0 Å². The van der Waals surface area contributed by atoms with E-state index in [1.54, 1.807) is 0 Å². The van der Waals surface area contributed by atoms with Gasteiger partial charge in [0.2, 0.25) is 0 Å². The summed E-state index contributed by atoms with van der Waals surface area (Å²) in [6.07, 6.45) is 6.35. The van der Waals surface area contributed by atoms with Gasteiger partial charge >= 0.3 is 0 Å². The van der Waals surface area contributed by atoms with Gasteiger partial charge in [-0.25, -0.2) is 0 Å². The van der Waals surface area contributed by atoms with Gasteiger partial charge in [-0.1, -0.05) is 18.6 Å². The molecule has 1 saturated carbocycles. The molecular weight excluding hydrogens is 222 g/mol. The maximum Gasteiger partial charge on any atom is 0.157 e. The van der Waals surface area contributed by atoms with Crippen LogP contribution in [0.5, 0.6) is 0 Å². The standard InChI is InChI=1S/C16H19NO/c18-15-10-4-5-11-16(15,17-12-6-7-13-17)14-8-2-1-3-9-14/h2,8-9H,4-7,10-13H2. The fraction of sp³-hybridized carbons (Fsp3) is 0.562. The largest absolute Gasteiger partial charge is 0.297 e. The molecule has 1 aliphatic carbocycles. The van der Waals surface area contributed by atoms with Crippen LogP contribution >= 0.6 is 0 Å². The molecule has 18 heavy (non-hydrogen) atoms. The van der Waals surface area contributed by atoms with Crippen molar-refractivity contribution in [2.24, 2.45) is 0 Å². The summed E-state index contributed by atoms with van der Waals surface area (Å²) in [5.41, 5.74) is 0.785. The van der Waals surface area contributed by atoms with Gasteiger partial charge in [0.05, 0.1) is 0 Å². The normalized spacial score (nSPS) is 29.2. The number of hydrogen-bond donors (Lipinski definition) is 0. The molecule has 2 heteroatoms. The smallest absolute Gasteiger partial charge is 0.157 e. The van der Waals surface area contributed by atoms with Crippen LogP contribution in [0.3, 0.4) is 0 Å². The Morgan fingerprint density at radius 3 is 2.61 bits per heavy atom. The molecule has 94 valence electrons. The van der Waals surface area contributed by atoms with E-state index in [9.17, 15) is 4.79 Å². The van der Waals surface area contributed by atoms with Crippen molar-refractivity contribution in [1.29, 1.82) is 0 Å². The van der Waals surface area contributed by atoms with E-state index in [4.69, 9.17) is 0 Å². The molecular formula is C16H19NO. The first-order chi connectivity index (χ1) is 8.84. The average molecular weight is 241 g/mol. The highest BCUT2D eigenvalue weighted by Crippen LogP contribution is 2.41. The third-order valence-electron chi connectivity index (χ3n) is 4.43. The minimum atomic E-state index is -0.347. The Hall–Kier alpha value is -1.33. The fourth-order valence-corrected chi connectivity index (χ4v) is 3.54. The van der Waals surface area contributed by atoms with E-state index in [0.717, 1.165) is 44.3 Å². The molecule has 1 atom stereocenters. The highest BCUT2D eigenvalue weighted by molar-refractivity contribution is 5.90. The molecule has 0 radical (unpaired) electrons. The van der Waals surface area contributed by atoms with Crippen LogP contribution in [0.1, 0.15) is 44.1 Å². The first kappa shape index (κ1) is 11.7. The van der Waals surface area contributed by atoms with E-state index in [0.29, 0.717) is 5.78 Å². The van der Waals surface area contributed by atoms with Crippen molar-refractivity contribution in [2.75, 3.05) is 13.1 Å². The van der Waals surface area contributed by atoms with E-state index in [-0.39, 0.29) is 5.54 Å². The number of hydrogen-bond acceptors (Lipinski definition) is 2. The quantitative estimate of drug-likeness (QED) is 0.793. The molecule has 3 rings (SSSR count). The monoisotopic (exact) mass is 241 g/mol. The molecule has 0 spiro atoms. The fourth-order valence-electron chi connectivity index (χ4n) is 3.54. The Morgan fingerprint density at radius 1 is 1.11 bits per heavy atom. The van der Waals surface area contributed by atoms with E-state index < -0.39 is 0 Å². The van der Waals surface area contributed by atoms with Crippen molar-refractivity contribution in [3.63, 3.8) is 0 Å². The Bertz CT molecular complexity index is 422. The van der Waals surface area contributed by atoms with Crippen molar-refractivity contribution in [3.8, 4) is 0 Å². The predicted octanol–water partition coefficient (Wildman–Crippen LogP) is 2.72. The van der Waals surface area contributed by atoms with Crippen molar-refractivity contribution >= 4 is 5.78 Å². The number of rotatable bonds is 2. The van der Waals surface area contributed by atoms with Crippen molar-refractivity contribution in [3.05, 3.63) is 35.9 Å². The van der Waals surface area contributed by atoms with Crippen LogP contribution in [0, 0.1) is 12.1 Å². The molecule has 0 amide bonds. The molecule has 0 N–H and O–H groups in total. The zero-order valence-corrected chi connectivity index (χ0v) is 10.7. The minimum absolute atomic E-state index is 0.347. The van der Waals surface area contributed by atoms with Crippen LogP contribution in [0.25, 0.3) is 0 Å². The number of Topliss-reactive ketones (excluding diaryl/α,β-unsaturated/α-hetero) is 1. The molecule has 1 aliphatic heterocycles. The van der Waals surface area contributed by atoms with Gasteiger partial charge in [-0.2, -0.15) is 0 Å². The number of likely N-dealkylation sites (tertiary alicyclic amines) is 1. The number of carbonyl (C=O) groups excluding carboxylic acids is 1. The highest BCUT2D eigenvalue weighted by atomic mass is 16.1. The molecule has 1 aromatic rings. The van der Waals surface area contributed by atoms with Gasteiger partial charge in [-0.3, -0.25) is 9.69 Å². The molecule has 1 aromatic carbocycles.